The molecule has 0 bridgehead atoms. The predicted molar refractivity (Wildman–Crippen MR) is 65.5 cm³/mol. The molecule has 3 N–H and O–H groups in total. The van der Waals surface area contributed by atoms with Crippen LogP contribution in [0.3, 0.4) is 0 Å². The Morgan fingerprint density at radius 3 is 2.44 bits per heavy atom. The first kappa shape index (κ1) is 12.1. The smallest absolute Gasteiger partial charge is 0.163 e. The van der Waals surface area contributed by atoms with Crippen molar-refractivity contribution < 1.29 is 8.78 Å². The second kappa shape index (κ2) is 4.28. The van der Waals surface area contributed by atoms with Gasteiger partial charge in [0.2, 0.25) is 0 Å². The Hall–Kier alpha value is -1.00. The van der Waals surface area contributed by atoms with E-state index in [-0.39, 0.29) is 6.04 Å². The number of halogens is 2. The second-order valence-corrected chi connectivity index (χ2v) is 5.73. The zero-order chi connectivity index (χ0) is 12.9. The molecular weight excluding hydrogens is 234 g/mol. The average molecular weight is 252 g/mol. The fourth-order valence-electron chi connectivity index (χ4n) is 3.41. The van der Waals surface area contributed by atoms with Crippen LogP contribution in [0.5, 0.6) is 0 Å². The Morgan fingerprint density at radius 2 is 1.83 bits per heavy atom. The number of benzene rings is 1. The van der Waals surface area contributed by atoms with E-state index < -0.39 is 11.6 Å². The van der Waals surface area contributed by atoms with E-state index in [1.165, 1.54) is 6.42 Å². The molecule has 1 aromatic carbocycles. The van der Waals surface area contributed by atoms with Crippen molar-refractivity contribution in [2.24, 2.45) is 23.6 Å². The number of fused-ring (bicyclic) bond motifs is 1. The SMILES string of the molecule is Cc1ccc(C(NN)C2CC3CC3C2)c(F)c1F. The van der Waals surface area contributed by atoms with Crippen molar-refractivity contribution in [1.29, 1.82) is 0 Å². The molecule has 2 aliphatic carbocycles. The van der Waals surface area contributed by atoms with Crippen molar-refractivity contribution in [1.82, 2.24) is 5.43 Å². The topological polar surface area (TPSA) is 38.0 Å². The molecule has 3 unspecified atom stereocenters. The van der Waals surface area contributed by atoms with E-state index in [1.54, 1.807) is 19.1 Å². The van der Waals surface area contributed by atoms with Gasteiger partial charge in [-0.25, -0.2) is 8.78 Å². The second-order valence-electron chi connectivity index (χ2n) is 5.73. The summed E-state index contributed by atoms with van der Waals surface area (Å²) in [5.74, 6) is 5.98. The van der Waals surface area contributed by atoms with Gasteiger partial charge in [0.1, 0.15) is 0 Å². The third-order valence-electron chi connectivity index (χ3n) is 4.57. The van der Waals surface area contributed by atoms with Crippen molar-refractivity contribution in [3.63, 3.8) is 0 Å². The van der Waals surface area contributed by atoms with E-state index in [2.05, 4.69) is 5.43 Å². The molecule has 3 rings (SSSR count). The van der Waals surface area contributed by atoms with Crippen LogP contribution in [0.2, 0.25) is 0 Å². The molecule has 0 aromatic heterocycles. The molecule has 0 spiro atoms. The molecule has 2 nitrogen and oxygen atoms in total. The lowest BCUT2D eigenvalue weighted by Gasteiger charge is -2.25. The third kappa shape index (κ3) is 1.84. The van der Waals surface area contributed by atoms with Crippen LogP contribution in [0.4, 0.5) is 8.78 Å². The zero-order valence-corrected chi connectivity index (χ0v) is 10.4. The first-order valence-corrected chi connectivity index (χ1v) is 6.52. The highest BCUT2D eigenvalue weighted by atomic mass is 19.2. The molecule has 0 saturated heterocycles. The standard InChI is InChI=1S/C14H18F2N2/c1-7-2-3-11(13(16)12(7)15)14(18-17)10-5-8-4-9(8)6-10/h2-3,8-10,14,18H,4-6,17H2,1H3. The Kier molecular flexibility index (Phi) is 2.87. The van der Waals surface area contributed by atoms with Crippen LogP contribution in [0.1, 0.15) is 36.4 Å². The van der Waals surface area contributed by atoms with E-state index in [1.807, 2.05) is 0 Å². The van der Waals surface area contributed by atoms with Gasteiger partial charge in [0.05, 0.1) is 6.04 Å². The monoisotopic (exact) mass is 252 g/mol. The number of rotatable bonds is 3. The van der Waals surface area contributed by atoms with E-state index in [4.69, 9.17) is 5.84 Å². The van der Waals surface area contributed by atoms with Gasteiger partial charge in [-0.2, -0.15) is 0 Å². The van der Waals surface area contributed by atoms with Crippen molar-refractivity contribution >= 4 is 0 Å². The molecule has 2 saturated carbocycles. The number of hydrogen-bond acceptors (Lipinski definition) is 2. The summed E-state index contributed by atoms with van der Waals surface area (Å²) in [6.45, 7) is 1.57. The van der Waals surface area contributed by atoms with Crippen molar-refractivity contribution in [2.75, 3.05) is 0 Å². The molecule has 2 aliphatic rings. The quantitative estimate of drug-likeness (QED) is 0.641. The Morgan fingerprint density at radius 1 is 1.17 bits per heavy atom. The normalized spacial score (nSPS) is 31.2. The molecule has 0 aliphatic heterocycles. The first-order chi connectivity index (χ1) is 8.61. The fourth-order valence-corrected chi connectivity index (χ4v) is 3.41. The molecule has 0 heterocycles. The summed E-state index contributed by atoms with van der Waals surface area (Å²) >= 11 is 0. The minimum absolute atomic E-state index is 0.270. The molecule has 4 heteroatoms. The highest BCUT2D eigenvalue weighted by Crippen LogP contribution is 2.57. The van der Waals surface area contributed by atoms with Crippen molar-refractivity contribution in [2.45, 2.75) is 32.2 Å². The van der Waals surface area contributed by atoms with Gasteiger partial charge in [-0.1, -0.05) is 12.1 Å². The van der Waals surface area contributed by atoms with Gasteiger partial charge in [0, 0.05) is 5.56 Å². The van der Waals surface area contributed by atoms with Gasteiger partial charge < -0.3 is 0 Å². The molecule has 3 atom stereocenters. The van der Waals surface area contributed by atoms with Crippen LogP contribution in [-0.4, -0.2) is 0 Å². The highest BCUT2D eigenvalue weighted by molar-refractivity contribution is 5.28. The largest absolute Gasteiger partial charge is 0.271 e. The zero-order valence-electron chi connectivity index (χ0n) is 10.4. The minimum atomic E-state index is -0.754. The lowest BCUT2D eigenvalue weighted by molar-refractivity contribution is 0.332. The van der Waals surface area contributed by atoms with Crippen LogP contribution < -0.4 is 11.3 Å². The van der Waals surface area contributed by atoms with E-state index >= 15 is 0 Å². The first-order valence-electron chi connectivity index (χ1n) is 6.52. The van der Waals surface area contributed by atoms with Gasteiger partial charge in [0.15, 0.2) is 11.6 Å². The summed E-state index contributed by atoms with van der Waals surface area (Å²) in [5.41, 5.74) is 3.38. The van der Waals surface area contributed by atoms with Gasteiger partial charge in [-0.15, -0.1) is 0 Å². The summed E-state index contributed by atoms with van der Waals surface area (Å²) < 4.78 is 27.6. The summed E-state index contributed by atoms with van der Waals surface area (Å²) in [6, 6.07) is 3.00. The van der Waals surface area contributed by atoms with E-state index in [0.717, 1.165) is 24.7 Å². The maximum absolute atomic E-state index is 14.0. The molecule has 98 valence electrons. The lowest BCUT2D eigenvalue weighted by atomic mass is 9.89. The van der Waals surface area contributed by atoms with Gasteiger partial charge in [-0.3, -0.25) is 11.3 Å². The maximum atomic E-state index is 14.0. The Balaban J connectivity index is 1.89. The summed E-state index contributed by atoms with van der Waals surface area (Å²) in [5, 5.41) is 0. The van der Waals surface area contributed by atoms with Crippen LogP contribution in [0.25, 0.3) is 0 Å². The van der Waals surface area contributed by atoms with Crippen LogP contribution in [0.15, 0.2) is 12.1 Å². The Labute approximate surface area is 106 Å². The van der Waals surface area contributed by atoms with E-state index in [0.29, 0.717) is 17.0 Å². The van der Waals surface area contributed by atoms with Gasteiger partial charge in [-0.05, 0) is 49.5 Å². The van der Waals surface area contributed by atoms with Crippen LogP contribution in [-0.2, 0) is 0 Å². The summed E-state index contributed by atoms with van der Waals surface area (Å²) in [6.07, 6.45) is 3.46. The molecule has 2 fully saturated rings. The van der Waals surface area contributed by atoms with Crippen LogP contribution in [0, 0.1) is 36.3 Å². The predicted octanol–water partition coefficient (Wildman–Crippen LogP) is 2.82. The third-order valence-corrected chi connectivity index (χ3v) is 4.57. The molecule has 18 heavy (non-hydrogen) atoms. The van der Waals surface area contributed by atoms with Crippen molar-refractivity contribution in [3.05, 3.63) is 34.9 Å². The summed E-state index contributed by atoms with van der Waals surface area (Å²) in [4.78, 5) is 0. The van der Waals surface area contributed by atoms with Gasteiger partial charge in [0.25, 0.3) is 0 Å². The van der Waals surface area contributed by atoms with Gasteiger partial charge >= 0.3 is 0 Å². The highest BCUT2D eigenvalue weighted by Gasteiger charge is 2.48. The van der Waals surface area contributed by atoms with E-state index in [9.17, 15) is 8.78 Å². The molecule has 0 radical (unpaired) electrons. The number of hydrazine groups is 1. The number of nitrogens with two attached hydrogens (primary N) is 1. The summed E-state index contributed by atoms with van der Waals surface area (Å²) in [7, 11) is 0. The fraction of sp³-hybridized carbons (Fsp3) is 0.571. The van der Waals surface area contributed by atoms with Crippen molar-refractivity contribution in [3.8, 4) is 0 Å². The maximum Gasteiger partial charge on any atom is 0.163 e. The molecule has 1 aromatic rings. The minimum Gasteiger partial charge on any atom is -0.271 e. The molecular formula is C14H18F2N2. The van der Waals surface area contributed by atoms with Crippen LogP contribution >= 0.6 is 0 Å². The Bertz CT molecular complexity index is 465. The molecule has 0 amide bonds. The number of aryl methyl sites for hydroxylation is 1. The number of nitrogens with one attached hydrogen (secondary N) is 1. The number of hydrogen-bond donors (Lipinski definition) is 2. The lowest BCUT2D eigenvalue weighted by Crippen LogP contribution is -2.34. The average Bonchev–Trinajstić information content (AvgIpc) is 2.97.